The van der Waals surface area contributed by atoms with E-state index in [1.807, 2.05) is 44.2 Å². The quantitative estimate of drug-likeness (QED) is 0.408. The predicted octanol–water partition coefficient (Wildman–Crippen LogP) is 4.33. The molecule has 2 aliphatic heterocycles. The number of hydrogen-bond donors (Lipinski definition) is 0. The Morgan fingerprint density at radius 1 is 1.08 bits per heavy atom. The summed E-state index contributed by atoms with van der Waals surface area (Å²) in [6, 6.07) is 12.0. The summed E-state index contributed by atoms with van der Waals surface area (Å²) in [5, 5.41) is 0.801. The molecule has 1 aromatic heterocycles. The van der Waals surface area contributed by atoms with Crippen LogP contribution in [-0.2, 0) is 20.9 Å². The summed E-state index contributed by atoms with van der Waals surface area (Å²) < 4.78 is 11.8. The number of furan rings is 1. The average Bonchev–Trinajstić information content (AvgIpc) is 3.48. The molecule has 11 heteroatoms. The third-order valence-corrected chi connectivity index (χ3v) is 8.38. The van der Waals surface area contributed by atoms with Crippen molar-refractivity contribution >= 4 is 68.6 Å². The van der Waals surface area contributed by atoms with E-state index in [9.17, 15) is 14.4 Å². The molecule has 0 bridgehead atoms. The topological polar surface area (TPSA) is 86.5 Å². The van der Waals surface area contributed by atoms with Crippen LogP contribution in [0.25, 0.3) is 11.0 Å². The first-order valence-electron chi connectivity index (χ1n) is 12.7. The van der Waals surface area contributed by atoms with Gasteiger partial charge in [-0.2, -0.15) is 0 Å². The molecule has 0 unspecified atom stereocenters. The first-order valence-corrected chi connectivity index (χ1v) is 14.1. The number of nitrogens with zero attached hydrogens (tertiary/aromatic N) is 4. The lowest BCUT2D eigenvalue weighted by Crippen LogP contribution is -2.51. The maximum absolute atomic E-state index is 12.9. The zero-order valence-electron chi connectivity index (χ0n) is 22.1. The Kier molecular flexibility index (Phi) is 7.81. The van der Waals surface area contributed by atoms with Crippen LogP contribution in [0.5, 0.6) is 0 Å². The number of benzene rings is 2. The van der Waals surface area contributed by atoms with E-state index >= 15 is 0 Å². The smallest absolute Gasteiger partial charge is 0.414 e. The molecule has 2 fully saturated rings. The highest BCUT2D eigenvalue weighted by Gasteiger charge is 2.31. The van der Waals surface area contributed by atoms with Gasteiger partial charge in [-0.05, 0) is 37.6 Å². The first-order chi connectivity index (χ1) is 18.7. The highest BCUT2D eigenvalue weighted by Crippen LogP contribution is 2.33. The Morgan fingerprint density at radius 2 is 1.79 bits per heavy atom. The van der Waals surface area contributed by atoms with E-state index in [0.29, 0.717) is 47.5 Å². The van der Waals surface area contributed by atoms with E-state index in [0.717, 1.165) is 27.8 Å². The van der Waals surface area contributed by atoms with E-state index in [1.54, 1.807) is 18.2 Å². The van der Waals surface area contributed by atoms with Crippen molar-refractivity contribution in [3.05, 3.63) is 59.4 Å². The standard InChI is InChI=1S/C28H30N4O5S2/c1-18-10-19(2)12-20(11-18)15-37-27(35)29(3)23-16-36-24-5-4-21(13-22(23)24)30-6-8-31(9-7-30)25(33)14-32-26(34)17-39-28(32)38/h4-5,10-13,16H,6-9,14-15,17H2,1-3H3. The third kappa shape index (κ3) is 5.89. The number of anilines is 2. The second-order valence-electron chi connectivity index (χ2n) is 9.81. The third-order valence-electron chi connectivity index (χ3n) is 6.95. The van der Waals surface area contributed by atoms with E-state index in [1.165, 1.54) is 21.6 Å². The normalized spacial score (nSPS) is 15.8. The molecular weight excluding hydrogens is 536 g/mol. The molecule has 39 heavy (non-hydrogen) atoms. The lowest BCUT2D eigenvalue weighted by atomic mass is 10.1. The van der Waals surface area contributed by atoms with Crippen molar-refractivity contribution in [2.75, 3.05) is 55.3 Å². The van der Waals surface area contributed by atoms with Crippen LogP contribution < -0.4 is 9.80 Å². The minimum absolute atomic E-state index is 0.000919. The van der Waals surface area contributed by atoms with E-state index < -0.39 is 6.09 Å². The van der Waals surface area contributed by atoms with Crippen molar-refractivity contribution in [3.63, 3.8) is 0 Å². The molecule has 0 atom stereocenters. The molecule has 0 saturated carbocycles. The molecule has 2 saturated heterocycles. The maximum Gasteiger partial charge on any atom is 0.414 e. The zero-order chi connectivity index (χ0) is 27.7. The number of hydrogen-bond acceptors (Lipinski definition) is 8. The molecule has 3 heterocycles. The van der Waals surface area contributed by atoms with Gasteiger partial charge in [0, 0.05) is 44.3 Å². The second-order valence-corrected chi connectivity index (χ2v) is 11.4. The number of carbonyl (C=O) groups is 3. The number of amides is 3. The number of carbonyl (C=O) groups excluding carboxylic acids is 3. The van der Waals surface area contributed by atoms with Crippen LogP contribution >= 0.6 is 24.0 Å². The fraction of sp³-hybridized carbons (Fsp3) is 0.357. The predicted molar refractivity (Wildman–Crippen MR) is 156 cm³/mol. The molecule has 0 radical (unpaired) electrons. The van der Waals surface area contributed by atoms with Crippen molar-refractivity contribution in [1.82, 2.24) is 9.80 Å². The van der Waals surface area contributed by atoms with Gasteiger partial charge >= 0.3 is 6.09 Å². The Balaban J connectivity index is 1.22. The van der Waals surface area contributed by atoms with Crippen LogP contribution in [0.2, 0.25) is 0 Å². The Labute approximate surface area is 236 Å². The highest BCUT2D eigenvalue weighted by molar-refractivity contribution is 8.23. The van der Waals surface area contributed by atoms with Gasteiger partial charge in [-0.1, -0.05) is 53.3 Å². The maximum atomic E-state index is 12.9. The molecule has 9 nitrogen and oxygen atoms in total. The molecule has 3 aromatic rings. The largest absolute Gasteiger partial charge is 0.462 e. The summed E-state index contributed by atoms with van der Waals surface area (Å²) in [5.41, 5.74) is 5.45. The van der Waals surface area contributed by atoms with Gasteiger partial charge in [0.15, 0.2) is 0 Å². The van der Waals surface area contributed by atoms with E-state index in [2.05, 4.69) is 11.0 Å². The van der Waals surface area contributed by atoms with E-state index in [4.69, 9.17) is 21.4 Å². The fourth-order valence-electron chi connectivity index (χ4n) is 4.94. The van der Waals surface area contributed by atoms with Crippen LogP contribution in [0.3, 0.4) is 0 Å². The van der Waals surface area contributed by atoms with Crippen LogP contribution in [0.15, 0.2) is 47.1 Å². The van der Waals surface area contributed by atoms with Crippen LogP contribution in [0.4, 0.5) is 16.2 Å². The molecule has 0 aliphatic carbocycles. The Hall–Kier alpha value is -3.57. The minimum Gasteiger partial charge on any atom is -0.462 e. The number of fused-ring (bicyclic) bond motifs is 1. The summed E-state index contributed by atoms with van der Waals surface area (Å²) >= 11 is 6.49. The molecule has 0 spiro atoms. The zero-order valence-corrected chi connectivity index (χ0v) is 23.8. The van der Waals surface area contributed by atoms with Gasteiger partial charge in [0.05, 0.1) is 11.4 Å². The number of thiocarbonyl (C=S) groups is 1. The van der Waals surface area contributed by atoms with Gasteiger partial charge in [-0.25, -0.2) is 4.79 Å². The average molecular weight is 567 g/mol. The first kappa shape index (κ1) is 27.0. The SMILES string of the molecule is Cc1cc(C)cc(COC(=O)N(C)c2coc3ccc(N4CCN(C(=O)CN5C(=O)CSC5=S)CC4)cc23)c1. The van der Waals surface area contributed by atoms with Crippen molar-refractivity contribution in [1.29, 1.82) is 0 Å². The van der Waals surface area contributed by atoms with Crippen LogP contribution in [-0.4, -0.2) is 77.6 Å². The van der Waals surface area contributed by atoms with Gasteiger partial charge in [-0.15, -0.1) is 0 Å². The highest BCUT2D eigenvalue weighted by atomic mass is 32.2. The molecule has 3 amide bonds. The minimum atomic E-state index is -0.469. The van der Waals surface area contributed by atoms with Crippen LogP contribution in [0.1, 0.15) is 16.7 Å². The molecule has 2 aromatic carbocycles. The fourth-order valence-corrected chi connectivity index (χ4v) is 6.00. The number of piperazine rings is 1. The number of thioether (sulfide) groups is 1. The number of ether oxygens (including phenoxy) is 1. The van der Waals surface area contributed by atoms with Gasteiger partial charge < -0.3 is 19.0 Å². The second kappa shape index (κ2) is 11.3. The van der Waals surface area contributed by atoms with Gasteiger partial charge in [0.2, 0.25) is 11.8 Å². The lowest BCUT2D eigenvalue weighted by molar-refractivity contribution is -0.136. The van der Waals surface area contributed by atoms with Gasteiger partial charge in [0.1, 0.15) is 29.3 Å². The summed E-state index contributed by atoms with van der Waals surface area (Å²) in [6.07, 6.45) is 1.09. The van der Waals surface area contributed by atoms with Crippen molar-refractivity contribution in [3.8, 4) is 0 Å². The van der Waals surface area contributed by atoms with Crippen molar-refractivity contribution < 1.29 is 23.5 Å². The Morgan fingerprint density at radius 3 is 2.46 bits per heavy atom. The summed E-state index contributed by atoms with van der Waals surface area (Å²) in [4.78, 5) is 44.4. The summed E-state index contributed by atoms with van der Waals surface area (Å²) in [7, 11) is 1.67. The molecule has 5 rings (SSSR count). The van der Waals surface area contributed by atoms with Gasteiger partial charge in [0.25, 0.3) is 0 Å². The number of rotatable bonds is 6. The van der Waals surface area contributed by atoms with Crippen molar-refractivity contribution in [2.24, 2.45) is 0 Å². The molecule has 2 aliphatic rings. The van der Waals surface area contributed by atoms with Gasteiger partial charge in [-0.3, -0.25) is 19.4 Å². The molecular formula is C28H30N4O5S2. The summed E-state index contributed by atoms with van der Waals surface area (Å²) in [5.74, 6) is 0.0965. The Bertz CT molecular complexity index is 1410. The summed E-state index contributed by atoms with van der Waals surface area (Å²) in [6.45, 7) is 6.60. The van der Waals surface area contributed by atoms with E-state index in [-0.39, 0.29) is 25.0 Å². The monoisotopic (exact) mass is 566 g/mol. The lowest BCUT2D eigenvalue weighted by Gasteiger charge is -2.36. The molecule has 204 valence electrons. The number of aryl methyl sites for hydroxylation is 2. The molecule has 0 N–H and O–H groups in total. The van der Waals surface area contributed by atoms with Crippen LogP contribution in [0, 0.1) is 13.8 Å². The van der Waals surface area contributed by atoms with Crippen molar-refractivity contribution in [2.45, 2.75) is 20.5 Å².